The van der Waals surface area contributed by atoms with E-state index in [1.165, 1.54) is 0 Å². The van der Waals surface area contributed by atoms with Gasteiger partial charge in [-0.1, -0.05) is 0 Å². The molecule has 0 aliphatic rings. The van der Waals surface area contributed by atoms with Gasteiger partial charge in [-0.25, -0.2) is 0 Å². The van der Waals surface area contributed by atoms with Gasteiger partial charge in [-0.15, -0.1) is 11.3 Å². The summed E-state index contributed by atoms with van der Waals surface area (Å²) >= 11 is 8.56. The van der Waals surface area contributed by atoms with Crippen LogP contribution in [0.25, 0.3) is 11.3 Å². The zero-order chi connectivity index (χ0) is 10.3. The fraction of sp³-hybridized carbons (Fsp3) is 0.125. The van der Waals surface area contributed by atoms with Crippen LogP contribution < -0.4 is 5.73 Å². The van der Waals surface area contributed by atoms with Crippen LogP contribution >= 0.6 is 43.2 Å². The number of anilines is 1. The van der Waals surface area contributed by atoms with E-state index in [4.69, 9.17) is 5.73 Å². The summed E-state index contributed by atoms with van der Waals surface area (Å²) in [5.41, 5.74) is 8.71. The second kappa shape index (κ2) is 3.67. The van der Waals surface area contributed by atoms with Crippen LogP contribution in [0.3, 0.4) is 0 Å². The van der Waals surface area contributed by atoms with Gasteiger partial charge in [0.15, 0.2) is 0 Å². The van der Waals surface area contributed by atoms with Crippen molar-refractivity contribution in [3.8, 4) is 11.3 Å². The fourth-order valence-electron chi connectivity index (χ4n) is 1.18. The summed E-state index contributed by atoms with van der Waals surface area (Å²) in [4.78, 5) is 0. The Balaban J connectivity index is 2.59. The van der Waals surface area contributed by atoms with E-state index in [1.807, 2.05) is 13.0 Å². The summed E-state index contributed by atoms with van der Waals surface area (Å²) in [7, 11) is 0. The topological polar surface area (TPSA) is 54.7 Å². The van der Waals surface area contributed by atoms with E-state index < -0.39 is 0 Å². The van der Waals surface area contributed by atoms with E-state index in [-0.39, 0.29) is 0 Å². The lowest BCUT2D eigenvalue weighted by molar-refractivity contribution is 1.10. The standard InChI is InChI=1S/C8H7Br2N3S/c1-3-6(12-13-8(3)11)4-2-5(9)14-7(4)10/h2H,1H3,(H3,11,12,13). The van der Waals surface area contributed by atoms with Gasteiger partial charge in [0.05, 0.1) is 13.3 Å². The van der Waals surface area contributed by atoms with Crippen LogP contribution in [0, 0.1) is 6.92 Å². The molecule has 0 radical (unpaired) electrons. The van der Waals surface area contributed by atoms with Crippen LogP contribution in [-0.4, -0.2) is 10.2 Å². The Morgan fingerprint density at radius 2 is 2.21 bits per heavy atom. The third-order valence-electron chi connectivity index (χ3n) is 1.97. The first-order chi connectivity index (χ1) is 6.59. The Morgan fingerprint density at radius 3 is 2.64 bits per heavy atom. The zero-order valence-corrected chi connectivity index (χ0v) is 11.3. The Kier molecular flexibility index (Phi) is 2.68. The highest BCUT2D eigenvalue weighted by Crippen LogP contribution is 2.39. The second-order valence-corrected chi connectivity index (χ2v) is 6.60. The molecule has 0 bridgehead atoms. The van der Waals surface area contributed by atoms with Crippen molar-refractivity contribution in [2.24, 2.45) is 0 Å². The van der Waals surface area contributed by atoms with Crippen molar-refractivity contribution >= 4 is 49.0 Å². The number of nitrogens with one attached hydrogen (secondary N) is 1. The van der Waals surface area contributed by atoms with Crippen LogP contribution in [0.2, 0.25) is 0 Å². The maximum Gasteiger partial charge on any atom is 0.148 e. The summed E-state index contributed by atoms with van der Waals surface area (Å²) in [6.07, 6.45) is 0. The largest absolute Gasteiger partial charge is 0.382 e. The Labute approximate surface area is 102 Å². The highest BCUT2D eigenvalue weighted by molar-refractivity contribution is 9.12. The summed E-state index contributed by atoms with van der Waals surface area (Å²) in [6.45, 7) is 1.95. The molecule has 0 aliphatic heterocycles. The third kappa shape index (κ3) is 1.62. The molecule has 14 heavy (non-hydrogen) atoms. The van der Waals surface area contributed by atoms with E-state index in [9.17, 15) is 0 Å². The van der Waals surface area contributed by atoms with Crippen molar-refractivity contribution in [1.82, 2.24) is 10.2 Å². The number of halogens is 2. The molecule has 0 saturated carbocycles. The normalized spacial score (nSPS) is 10.8. The molecule has 0 unspecified atom stereocenters. The number of hydrogen-bond acceptors (Lipinski definition) is 3. The highest BCUT2D eigenvalue weighted by atomic mass is 79.9. The van der Waals surface area contributed by atoms with Gasteiger partial charge in [0.1, 0.15) is 5.82 Å². The van der Waals surface area contributed by atoms with E-state index in [0.29, 0.717) is 5.82 Å². The Bertz CT molecular complexity index is 475. The van der Waals surface area contributed by atoms with E-state index in [0.717, 1.165) is 24.4 Å². The Morgan fingerprint density at radius 1 is 1.50 bits per heavy atom. The van der Waals surface area contributed by atoms with Crippen LogP contribution in [-0.2, 0) is 0 Å². The van der Waals surface area contributed by atoms with E-state index >= 15 is 0 Å². The van der Waals surface area contributed by atoms with Gasteiger partial charge in [0, 0.05) is 11.1 Å². The lowest BCUT2D eigenvalue weighted by atomic mass is 10.1. The molecule has 0 saturated heterocycles. The first kappa shape index (κ1) is 10.2. The Hall–Kier alpha value is -0.330. The van der Waals surface area contributed by atoms with Crippen molar-refractivity contribution in [3.05, 3.63) is 19.2 Å². The number of nitrogen functional groups attached to an aromatic ring is 1. The van der Waals surface area contributed by atoms with Gasteiger partial charge in [-0.05, 0) is 44.8 Å². The summed E-state index contributed by atoms with van der Waals surface area (Å²) in [6, 6.07) is 2.04. The maximum absolute atomic E-state index is 5.67. The number of aromatic nitrogens is 2. The molecule has 2 rings (SSSR count). The lowest BCUT2D eigenvalue weighted by Crippen LogP contribution is -1.86. The van der Waals surface area contributed by atoms with Crippen molar-refractivity contribution < 1.29 is 0 Å². The molecule has 0 aromatic carbocycles. The molecule has 3 N–H and O–H groups in total. The summed E-state index contributed by atoms with van der Waals surface area (Å²) in [5, 5.41) is 6.89. The van der Waals surface area contributed by atoms with Gasteiger partial charge >= 0.3 is 0 Å². The van der Waals surface area contributed by atoms with Crippen molar-refractivity contribution in [2.45, 2.75) is 6.92 Å². The van der Waals surface area contributed by atoms with Crippen LogP contribution in [0.1, 0.15) is 5.56 Å². The number of H-pyrrole nitrogens is 1. The molecule has 6 heteroatoms. The van der Waals surface area contributed by atoms with Crippen LogP contribution in [0.5, 0.6) is 0 Å². The molecular formula is C8H7Br2N3S. The first-order valence-corrected chi connectivity index (χ1v) is 6.25. The number of thiophene rings is 1. The van der Waals surface area contributed by atoms with Crippen molar-refractivity contribution in [3.63, 3.8) is 0 Å². The number of nitrogens with two attached hydrogens (primary N) is 1. The lowest BCUT2D eigenvalue weighted by Gasteiger charge is -1.95. The SMILES string of the molecule is Cc1c(N)n[nH]c1-c1cc(Br)sc1Br. The van der Waals surface area contributed by atoms with Crippen molar-refractivity contribution in [2.75, 3.05) is 5.73 Å². The van der Waals surface area contributed by atoms with E-state index in [2.05, 4.69) is 42.1 Å². The maximum atomic E-state index is 5.67. The molecule has 0 aliphatic carbocycles. The second-order valence-electron chi connectivity index (χ2n) is 2.85. The zero-order valence-electron chi connectivity index (χ0n) is 7.27. The molecule has 2 heterocycles. The van der Waals surface area contributed by atoms with E-state index in [1.54, 1.807) is 11.3 Å². The molecule has 3 nitrogen and oxygen atoms in total. The van der Waals surface area contributed by atoms with Gasteiger partial charge < -0.3 is 5.73 Å². The fourth-order valence-corrected chi connectivity index (χ4v) is 4.01. The van der Waals surface area contributed by atoms with Gasteiger partial charge in [0.25, 0.3) is 0 Å². The number of hydrogen-bond donors (Lipinski definition) is 2. The molecular weight excluding hydrogens is 330 g/mol. The molecule has 2 aromatic rings. The molecule has 0 atom stereocenters. The molecule has 74 valence electrons. The molecule has 0 amide bonds. The third-order valence-corrected chi connectivity index (χ3v) is 4.31. The number of rotatable bonds is 1. The molecule has 0 fully saturated rings. The average molecular weight is 337 g/mol. The minimum absolute atomic E-state index is 0.550. The highest BCUT2D eigenvalue weighted by Gasteiger charge is 2.13. The van der Waals surface area contributed by atoms with Gasteiger partial charge in [0.2, 0.25) is 0 Å². The summed E-state index contributed by atoms with van der Waals surface area (Å²) < 4.78 is 2.14. The molecule has 0 spiro atoms. The summed E-state index contributed by atoms with van der Waals surface area (Å²) in [5.74, 6) is 0.550. The van der Waals surface area contributed by atoms with Crippen molar-refractivity contribution in [1.29, 1.82) is 0 Å². The van der Waals surface area contributed by atoms with Crippen LogP contribution in [0.15, 0.2) is 13.6 Å². The monoisotopic (exact) mass is 335 g/mol. The number of nitrogens with zero attached hydrogens (tertiary/aromatic N) is 1. The number of aromatic amines is 1. The first-order valence-electron chi connectivity index (χ1n) is 3.85. The quantitative estimate of drug-likeness (QED) is 0.836. The predicted octanol–water partition coefficient (Wildman–Crippen LogP) is 3.55. The predicted molar refractivity (Wildman–Crippen MR) is 66.5 cm³/mol. The minimum Gasteiger partial charge on any atom is -0.382 e. The minimum atomic E-state index is 0.550. The average Bonchev–Trinajstić information content (AvgIpc) is 2.59. The van der Waals surface area contributed by atoms with Gasteiger partial charge in [-0.2, -0.15) is 5.10 Å². The van der Waals surface area contributed by atoms with Crippen LogP contribution in [0.4, 0.5) is 5.82 Å². The molecule has 2 aromatic heterocycles. The van der Waals surface area contributed by atoms with Gasteiger partial charge in [-0.3, -0.25) is 5.10 Å². The smallest absolute Gasteiger partial charge is 0.148 e.